The first-order valence-corrected chi connectivity index (χ1v) is 11.2. The van der Waals surface area contributed by atoms with Crippen molar-refractivity contribution in [3.63, 3.8) is 0 Å². The molecular weight excluding hydrogens is 432 g/mol. The molecule has 148 valence electrons. The summed E-state index contributed by atoms with van der Waals surface area (Å²) in [6, 6.07) is 12.2. The minimum Gasteiger partial charge on any atom is -0.333 e. The number of nitrogens with zero attached hydrogens (tertiary/aromatic N) is 3. The van der Waals surface area contributed by atoms with Crippen LogP contribution in [-0.2, 0) is 16.6 Å². The molecular formula is C19H15ClN4O3S2. The van der Waals surface area contributed by atoms with Gasteiger partial charge in [0.2, 0.25) is 15.8 Å². The van der Waals surface area contributed by atoms with E-state index in [1.807, 2.05) is 0 Å². The van der Waals surface area contributed by atoms with Crippen LogP contribution in [-0.4, -0.2) is 23.5 Å². The molecule has 0 radical (unpaired) electrons. The molecule has 0 saturated carbocycles. The van der Waals surface area contributed by atoms with Crippen molar-refractivity contribution in [2.45, 2.75) is 18.4 Å². The van der Waals surface area contributed by atoms with Gasteiger partial charge in [0, 0.05) is 34.4 Å². The zero-order valence-corrected chi connectivity index (χ0v) is 17.6. The van der Waals surface area contributed by atoms with Gasteiger partial charge in [0.05, 0.1) is 9.77 Å². The maximum atomic E-state index is 12.7. The number of halogens is 1. The predicted molar refractivity (Wildman–Crippen MR) is 111 cm³/mol. The number of hydrogen-bond donors (Lipinski definition) is 1. The Balaban J connectivity index is 1.57. The average molecular weight is 447 g/mol. The minimum absolute atomic E-state index is 0.155. The zero-order valence-electron chi connectivity index (χ0n) is 15.2. The van der Waals surface area contributed by atoms with Crippen LogP contribution in [0.5, 0.6) is 0 Å². The number of rotatable bonds is 6. The smallest absolute Gasteiger partial charge is 0.268 e. The fourth-order valence-electron chi connectivity index (χ4n) is 2.64. The molecule has 0 spiro atoms. The lowest BCUT2D eigenvalue weighted by atomic mass is 10.2. The van der Waals surface area contributed by atoms with E-state index in [1.165, 1.54) is 11.3 Å². The zero-order chi connectivity index (χ0) is 20.4. The number of thiophene rings is 1. The molecule has 0 amide bonds. The standard InChI is InChI=1S/C19H15ClN4O3S2/c1-12-17(29(25,26)22-11-13-3-2-8-21-10-13)9-16(28-12)19-23-18(24-27-19)14-4-6-15(20)7-5-14/h2-10,22H,11H2,1H3. The summed E-state index contributed by atoms with van der Waals surface area (Å²) < 4.78 is 33.4. The summed E-state index contributed by atoms with van der Waals surface area (Å²) in [5.41, 5.74) is 1.53. The van der Waals surface area contributed by atoms with E-state index in [4.69, 9.17) is 16.1 Å². The van der Waals surface area contributed by atoms with Crippen LogP contribution < -0.4 is 4.72 Å². The number of benzene rings is 1. The van der Waals surface area contributed by atoms with Gasteiger partial charge in [0.1, 0.15) is 0 Å². The van der Waals surface area contributed by atoms with Crippen molar-refractivity contribution in [1.29, 1.82) is 0 Å². The first-order valence-electron chi connectivity index (χ1n) is 8.51. The molecule has 0 aliphatic rings. The lowest BCUT2D eigenvalue weighted by Crippen LogP contribution is -2.23. The normalized spacial score (nSPS) is 11.7. The van der Waals surface area contributed by atoms with Crippen LogP contribution in [0.4, 0.5) is 0 Å². The van der Waals surface area contributed by atoms with E-state index in [2.05, 4.69) is 19.8 Å². The molecule has 4 rings (SSSR count). The summed E-state index contributed by atoms with van der Waals surface area (Å²) in [5.74, 6) is 0.665. The van der Waals surface area contributed by atoms with E-state index in [0.29, 0.717) is 20.6 Å². The predicted octanol–water partition coefficient (Wildman–Crippen LogP) is 4.30. The summed E-state index contributed by atoms with van der Waals surface area (Å²) in [5, 5.41) is 4.59. The molecule has 3 aromatic heterocycles. The minimum atomic E-state index is -3.70. The summed E-state index contributed by atoms with van der Waals surface area (Å²) in [6.45, 7) is 1.89. The second-order valence-corrected chi connectivity index (χ2v) is 9.58. The maximum absolute atomic E-state index is 12.7. The van der Waals surface area contributed by atoms with E-state index in [9.17, 15) is 8.42 Å². The Morgan fingerprint density at radius 2 is 2.00 bits per heavy atom. The van der Waals surface area contributed by atoms with Crippen molar-refractivity contribution in [2.24, 2.45) is 0 Å². The van der Waals surface area contributed by atoms with Crippen molar-refractivity contribution in [3.8, 4) is 22.2 Å². The molecule has 0 atom stereocenters. The van der Waals surface area contributed by atoms with Gasteiger partial charge in [-0.25, -0.2) is 13.1 Å². The second-order valence-electron chi connectivity index (χ2n) is 6.15. The third-order valence-corrected chi connectivity index (χ3v) is 7.04. The van der Waals surface area contributed by atoms with E-state index in [1.54, 1.807) is 61.8 Å². The molecule has 4 aromatic rings. The van der Waals surface area contributed by atoms with Gasteiger partial charge in [-0.05, 0) is 48.9 Å². The van der Waals surface area contributed by atoms with Crippen molar-refractivity contribution >= 4 is 33.0 Å². The van der Waals surface area contributed by atoms with Gasteiger partial charge in [-0.2, -0.15) is 4.98 Å². The van der Waals surface area contributed by atoms with E-state index in [0.717, 1.165) is 11.1 Å². The molecule has 0 fully saturated rings. The molecule has 10 heteroatoms. The van der Waals surface area contributed by atoms with Gasteiger partial charge in [0.25, 0.3) is 5.89 Å². The Morgan fingerprint density at radius 1 is 1.21 bits per heavy atom. The van der Waals surface area contributed by atoms with Crippen LogP contribution in [0.15, 0.2) is 64.3 Å². The van der Waals surface area contributed by atoms with Crippen LogP contribution in [0.2, 0.25) is 5.02 Å². The fraction of sp³-hybridized carbons (Fsp3) is 0.105. The third-order valence-electron chi connectivity index (χ3n) is 4.09. The van der Waals surface area contributed by atoms with Crippen molar-refractivity contribution in [3.05, 3.63) is 70.3 Å². The topological polar surface area (TPSA) is 98.0 Å². The second kappa shape index (κ2) is 8.03. The number of aryl methyl sites for hydroxylation is 1. The van der Waals surface area contributed by atoms with E-state index in [-0.39, 0.29) is 17.3 Å². The lowest BCUT2D eigenvalue weighted by molar-refractivity contribution is 0.433. The molecule has 29 heavy (non-hydrogen) atoms. The van der Waals surface area contributed by atoms with Crippen LogP contribution in [0.3, 0.4) is 0 Å². The van der Waals surface area contributed by atoms with Gasteiger partial charge in [-0.1, -0.05) is 22.8 Å². The summed E-state index contributed by atoms with van der Waals surface area (Å²) in [6.07, 6.45) is 3.25. The van der Waals surface area contributed by atoms with Crippen molar-refractivity contribution < 1.29 is 12.9 Å². The Labute approximate surface area is 176 Å². The van der Waals surface area contributed by atoms with Crippen LogP contribution >= 0.6 is 22.9 Å². The van der Waals surface area contributed by atoms with Crippen molar-refractivity contribution in [2.75, 3.05) is 0 Å². The monoisotopic (exact) mass is 446 g/mol. The van der Waals surface area contributed by atoms with Gasteiger partial charge in [-0.3, -0.25) is 4.98 Å². The number of nitrogens with one attached hydrogen (secondary N) is 1. The number of hydrogen-bond acceptors (Lipinski definition) is 7. The Morgan fingerprint density at radius 3 is 2.72 bits per heavy atom. The molecule has 3 heterocycles. The van der Waals surface area contributed by atoms with Crippen LogP contribution in [0.1, 0.15) is 10.4 Å². The fourth-order valence-corrected chi connectivity index (χ4v) is 5.29. The first kappa shape index (κ1) is 19.7. The Bertz CT molecular complexity index is 1240. The quantitative estimate of drug-likeness (QED) is 0.474. The van der Waals surface area contributed by atoms with Gasteiger partial charge < -0.3 is 4.52 Å². The van der Waals surface area contributed by atoms with E-state index >= 15 is 0 Å². The Hall–Kier alpha value is -2.59. The summed E-state index contributed by atoms with van der Waals surface area (Å²) in [7, 11) is -3.70. The SMILES string of the molecule is Cc1sc(-c2nc(-c3ccc(Cl)cc3)no2)cc1S(=O)(=O)NCc1cccnc1. The first-order chi connectivity index (χ1) is 13.9. The molecule has 0 unspecified atom stereocenters. The molecule has 1 aromatic carbocycles. The number of sulfonamides is 1. The molecule has 0 aliphatic carbocycles. The van der Waals surface area contributed by atoms with Crippen LogP contribution in [0, 0.1) is 6.92 Å². The van der Waals surface area contributed by atoms with Crippen LogP contribution in [0.25, 0.3) is 22.2 Å². The summed E-state index contributed by atoms with van der Waals surface area (Å²) >= 11 is 7.18. The van der Waals surface area contributed by atoms with E-state index < -0.39 is 10.0 Å². The highest BCUT2D eigenvalue weighted by Gasteiger charge is 2.22. The molecule has 0 saturated heterocycles. The highest BCUT2D eigenvalue weighted by Crippen LogP contribution is 2.33. The molecule has 0 bridgehead atoms. The van der Waals surface area contributed by atoms with Gasteiger partial charge in [0.15, 0.2) is 0 Å². The third kappa shape index (κ3) is 4.38. The average Bonchev–Trinajstić information content (AvgIpc) is 3.35. The number of aromatic nitrogens is 3. The molecule has 1 N–H and O–H groups in total. The summed E-state index contributed by atoms with van der Waals surface area (Å²) in [4.78, 5) is 9.76. The highest BCUT2D eigenvalue weighted by molar-refractivity contribution is 7.89. The van der Waals surface area contributed by atoms with Gasteiger partial charge >= 0.3 is 0 Å². The van der Waals surface area contributed by atoms with Crippen molar-refractivity contribution in [1.82, 2.24) is 19.8 Å². The Kier molecular flexibility index (Phi) is 5.46. The molecule has 0 aliphatic heterocycles. The maximum Gasteiger partial charge on any atom is 0.268 e. The highest BCUT2D eigenvalue weighted by atomic mass is 35.5. The van der Waals surface area contributed by atoms with Gasteiger partial charge in [-0.15, -0.1) is 11.3 Å². The largest absolute Gasteiger partial charge is 0.333 e. The molecule has 7 nitrogen and oxygen atoms in total. The number of pyridine rings is 1. The lowest BCUT2D eigenvalue weighted by Gasteiger charge is -2.05.